The molecule has 2 rings (SSSR count). The average Bonchev–Trinajstić information content (AvgIpc) is 2.64. The van der Waals surface area contributed by atoms with Crippen molar-refractivity contribution >= 4 is 11.9 Å². The van der Waals surface area contributed by atoms with Crippen molar-refractivity contribution in [2.45, 2.75) is 12.8 Å². The number of amides is 1. The second-order valence-electron chi connectivity index (χ2n) is 5.18. The van der Waals surface area contributed by atoms with Crippen molar-refractivity contribution in [2.75, 3.05) is 20.3 Å². The van der Waals surface area contributed by atoms with E-state index in [0.717, 1.165) is 11.1 Å². The van der Waals surface area contributed by atoms with Crippen molar-refractivity contribution < 1.29 is 19.1 Å². The zero-order valence-corrected chi connectivity index (χ0v) is 13.7. The topological polar surface area (TPSA) is 64.6 Å². The molecule has 0 spiro atoms. The fraction of sp³-hybridized carbons (Fsp3) is 0.263. The number of hydrogen-bond donors (Lipinski definition) is 1. The van der Waals surface area contributed by atoms with E-state index in [1.165, 1.54) is 7.11 Å². The first-order valence-corrected chi connectivity index (χ1v) is 7.81. The summed E-state index contributed by atoms with van der Waals surface area (Å²) >= 11 is 0. The zero-order chi connectivity index (χ0) is 17.2. The van der Waals surface area contributed by atoms with E-state index in [0.29, 0.717) is 18.7 Å². The monoisotopic (exact) mass is 327 g/mol. The van der Waals surface area contributed by atoms with Crippen molar-refractivity contribution in [2.24, 2.45) is 0 Å². The molecule has 0 aliphatic rings. The van der Waals surface area contributed by atoms with E-state index in [9.17, 15) is 9.59 Å². The maximum absolute atomic E-state index is 11.8. The highest BCUT2D eigenvalue weighted by Crippen LogP contribution is 2.29. The predicted molar refractivity (Wildman–Crippen MR) is 91.6 cm³/mol. The van der Waals surface area contributed by atoms with Crippen LogP contribution in [0.1, 0.15) is 12.8 Å². The van der Waals surface area contributed by atoms with Crippen LogP contribution in [0.4, 0.5) is 0 Å². The van der Waals surface area contributed by atoms with Gasteiger partial charge in [0.2, 0.25) is 0 Å². The highest BCUT2D eigenvalue weighted by Gasteiger charge is 2.08. The minimum absolute atomic E-state index is 0.0674. The molecular formula is C19H21NO4. The van der Waals surface area contributed by atoms with Gasteiger partial charge in [0, 0.05) is 18.5 Å². The molecule has 1 N–H and O–H groups in total. The van der Waals surface area contributed by atoms with Crippen LogP contribution >= 0.6 is 0 Å². The number of rotatable bonds is 8. The van der Waals surface area contributed by atoms with Crippen LogP contribution in [0, 0.1) is 0 Å². The van der Waals surface area contributed by atoms with Gasteiger partial charge in [-0.1, -0.05) is 48.5 Å². The maximum atomic E-state index is 11.8. The molecule has 0 heterocycles. The Morgan fingerprint density at radius 1 is 1.00 bits per heavy atom. The molecule has 0 saturated heterocycles. The van der Waals surface area contributed by atoms with Gasteiger partial charge in [-0.05, 0) is 18.1 Å². The quantitative estimate of drug-likeness (QED) is 0.598. The van der Waals surface area contributed by atoms with Gasteiger partial charge in [-0.25, -0.2) is 0 Å². The second kappa shape index (κ2) is 9.35. The van der Waals surface area contributed by atoms with Crippen molar-refractivity contribution in [3.8, 4) is 16.9 Å². The third-order valence-corrected chi connectivity index (χ3v) is 3.44. The molecule has 0 fully saturated rings. The highest BCUT2D eigenvalue weighted by atomic mass is 16.5. The van der Waals surface area contributed by atoms with Gasteiger partial charge in [0.1, 0.15) is 5.75 Å². The standard InChI is InChI=1S/C19H21NO4/c1-23-19(22)12-7-13-20-18(21)14-24-17-11-6-5-10-16(17)15-8-3-2-4-9-15/h2-6,8-11H,7,12-14H2,1H3,(H,20,21). The summed E-state index contributed by atoms with van der Waals surface area (Å²) in [5.74, 6) is 0.161. The summed E-state index contributed by atoms with van der Waals surface area (Å²) in [7, 11) is 1.35. The molecule has 1 amide bonds. The molecule has 2 aromatic rings. The van der Waals surface area contributed by atoms with Crippen LogP contribution < -0.4 is 10.1 Å². The summed E-state index contributed by atoms with van der Waals surface area (Å²) in [5, 5.41) is 2.72. The second-order valence-corrected chi connectivity index (χ2v) is 5.18. The lowest BCUT2D eigenvalue weighted by Crippen LogP contribution is -2.30. The minimum Gasteiger partial charge on any atom is -0.483 e. The maximum Gasteiger partial charge on any atom is 0.305 e. The summed E-state index contributed by atoms with van der Waals surface area (Å²) in [5.41, 5.74) is 1.98. The molecule has 5 heteroatoms. The van der Waals surface area contributed by atoms with E-state index >= 15 is 0 Å². The van der Waals surface area contributed by atoms with E-state index in [1.807, 2.05) is 54.6 Å². The fourth-order valence-corrected chi connectivity index (χ4v) is 2.21. The van der Waals surface area contributed by atoms with Gasteiger partial charge in [-0.3, -0.25) is 9.59 Å². The predicted octanol–water partition coefficient (Wildman–Crippen LogP) is 2.80. The molecule has 0 saturated carbocycles. The summed E-state index contributed by atoms with van der Waals surface area (Å²) < 4.78 is 10.2. The van der Waals surface area contributed by atoms with Crippen molar-refractivity contribution in [3.05, 3.63) is 54.6 Å². The number of nitrogens with one attached hydrogen (secondary N) is 1. The van der Waals surface area contributed by atoms with Crippen molar-refractivity contribution in [1.82, 2.24) is 5.32 Å². The Labute approximate surface area is 141 Å². The summed E-state index contributed by atoms with van der Waals surface area (Å²) in [6, 6.07) is 17.5. The summed E-state index contributed by atoms with van der Waals surface area (Å²) in [4.78, 5) is 22.8. The number of hydrogen-bond acceptors (Lipinski definition) is 4. The largest absolute Gasteiger partial charge is 0.483 e. The van der Waals surface area contributed by atoms with Gasteiger partial charge in [0.05, 0.1) is 7.11 Å². The molecule has 24 heavy (non-hydrogen) atoms. The fourth-order valence-electron chi connectivity index (χ4n) is 2.21. The Kier molecular flexibility index (Phi) is 6.83. The number of esters is 1. The minimum atomic E-state index is -0.280. The molecule has 0 aromatic heterocycles. The molecule has 0 radical (unpaired) electrons. The first-order chi connectivity index (χ1) is 11.7. The van der Waals surface area contributed by atoms with Crippen molar-refractivity contribution in [1.29, 1.82) is 0 Å². The van der Waals surface area contributed by atoms with Crippen LogP contribution in [0.5, 0.6) is 5.75 Å². The molecule has 0 aliphatic heterocycles. The highest BCUT2D eigenvalue weighted by molar-refractivity contribution is 5.78. The van der Waals surface area contributed by atoms with E-state index in [4.69, 9.17) is 4.74 Å². The van der Waals surface area contributed by atoms with Gasteiger partial charge in [0.15, 0.2) is 6.61 Å². The molecule has 5 nitrogen and oxygen atoms in total. The Morgan fingerprint density at radius 3 is 2.46 bits per heavy atom. The Morgan fingerprint density at radius 2 is 1.71 bits per heavy atom. The van der Waals surface area contributed by atoms with Crippen LogP contribution in [-0.2, 0) is 14.3 Å². The normalized spacial score (nSPS) is 10.0. The van der Waals surface area contributed by atoms with Crippen LogP contribution in [-0.4, -0.2) is 32.1 Å². The third-order valence-electron chi connectivity index (χ3n) is 3.44. The molecule has 0 aliphatic carbocycles. The molecule has 126 valence electrons. The van der Waals surface area contributed by atoms with Crippen LogP contribution in [0.25, 0.3) is 11.1 Å². The molecule has 0 atom stereocenters. The molecular weight excluding hydrogens is 306 g/mol. The lowest BCUT2D eigenvalue weighted by atomic mass is 10.1. The first kappa shape index (κ1) is 17.5. The van der Waals surface area contributed by atoms with E-state index in [-0.39, 0.29) is 24.9 Å². The number of carbonyl (C=O) groups excluding carboxylic acids is 2. The van der Waals surface area contributed by atoms with Gasteiger partial charge in [-0.2, -0.15) is 0 Å². The lowest BCUT2D eigenvalue weighted by molar-refractivity contribution is -0.140. The number of para-hydroxylation sites is 1. The van der Waals surface area contributed by atoms with Gasteiger partial charge < -0.3 is 14.8 Å². The Balaban J connectivity index is 1.84. The molecule has 0 unspecified atom stereocenters. The van der Waals surface area contributed by atoms with E-state index in [1.54, 1.807) is 0 Å². The van der Waals surface area contributed by atoms with Gasteiger partial charge in [-0.15, -0.1) is 0 Å². The lowest BCUT2D eigenvalue weighted by Gasteiger charge is -2.11. The number of carbonyl (C=O) groups is 2. The number of ether oxygens (including phenoxy) is 2. The Hall–Kier alpha value is -2.82. The van der Waals surface area contributed by atoms with E-state index in [2.05, 4.69) is 10.1 Å². The van der Waals surface area contributed by atoms with E-state index < -0.39 is 0 Å². The molecule has 2 aromatic carbocycles. The molecule has 0 bridgehead atoms. The number of benzene rings is 2. The van der Waals surface area contributed by atoms with Crippen LogP contribution in [0.2, 0.25) is 0 Å². The van der Waals surface area contributed by atoms with Crippen molar-refractivity contribution in [3.63, 3.8) is 0 Å². The third kappa shape index (κ3) is 5.43. The van der Waals surface area contributed by atoms with Gasteiger partial charge in [0.25, 0.3) is 5.91 Å². The number of methoxy groups -OCH3 is 1. The van der Waals surface area contributed by atoms with Gasteiger partial charge >= 0.3 is 5.97 Å². The first-order valence-electron chi connectivity index (χ1n) is 7.81. The summed E-state index contributed by atoms with van der Waals surface area (Å²) in [6.07, 6.45) is 0.827. The SMILES string of the molecule is COC(=O)CCCNC(=O)COc1ccccc1-c1ccccc1. The smallest absolute Gasteiger partial charge is 0.305 e. The zero-order valence-electron chi connectivity index (χ0n) is 13.7. The summed E-state index contributed by atoms with van der Waals surface area (Å²) in [6.45, 7) is 0.347. The Bertz CT molecular complexity index is 670. The van der Waals surface area contributed by atoms with Crippen LogP contribution in [0.3, 0.4) is 0 Å². The van der Waals surface area contributed by atoms with Crippen LogP contribution in [0.15, 0.2) is 54.6 Å². The average molecular weight is 327 g/mol.